The van der Waals surface area contributed by atoms with Crippen molar-refractivity contribution in [1.29, 1.82) is 0 Å². The lowest BCUT2D eigenvalue weighted by Gasteiger charge is -2.34. The van der Waals surface area contributed by atoms with Crippen molar-refractivity contribution in [3.63, 3.8) is 0 Å². The molecule has 1 aromatic carbocycles. The van der Waals surface area contributed by atoms with Gasteiger partial charge < -0.3 is 20.9 Å². The molecule has 0 radical (unpaired) electrons. The van der Waals surface area contributed by atoms with E-state index in [1.165, 1.54) is 7.11 Å². The number of esters is 1. The van der Waals surface area contributed by atoms with Gasteiger partial charge in [0, 0.05) is 13.5 Å². The summed E-state index contributed by atoms with van der Waals surface area (Å²) in [5.74, 6) is -1.88. The van der Waals surface area contributed by atoms with Crippen LogP contribution in [0.25, 0.3) is 0 Å². The monoisotopic (exact) mass is 308 g/mol. The summed E-state index contributed by atoms with van der Waals surface area (Å²) >= 11 is 0. The molecule has 0 aliphatic heterocycles. The Bertz CT molecular complexity index is 525. The Morgan fingerprint density at radius 3 is 2.14 bits per heavy atom. The number of benzene rings is 1. The Morgan fingerprint density at radius 2 is 1.73 bits per heavy atom. The molecule has 0 bridgehead atoms. The van der Waals surface area contributed by atoms with Gasteiger partial charge in [-0.2, -0.15) is 0 Å². The fourth-order valence-electron chi connectivity index (χ4n) is 2.01. The van der Waals surface area contributed by atoms with Crippen LogP contribution in [0.4, 0.5) is 0 Å². The van der Waals surface area contributed by atoms with E-state index in [0.717, 1.165) is 5.56 Å². The molecule has 122 valence electrons. The number of amides is 1. The summed E-state index contributed by atoms with van der Waals surface area (Å²) in [7, 11) is 1.38. The third kappa shape index (κ3) is 4.29. The number of primary amides is 1. The van der Waals surface area contributed by atoms with Crippen molar-refractivity contribution < 1.29 is 19.1 Å². The zero-order chi connectivity index (χ0) is 17.0. The Hall–Kier alpha value is -1.92. The van der Waals surface area contributed by atoms with Gasteiger partial charge in [0.1, 0.15) is 5.60 Å². The van der Waals surface area contributed by atoms with Crippen LogP contribution in [0, 0.1) is 0 Å². The lowest BCUT2D eigenvalue weighted by Crippen LogP contribution is -2.67. The van der Waals surface area contributed by atoms with E-state index < -0.39 is 29.1 Å². The average molecular weight is 308 g/mol. The van der Waals surface area contributed by atoms with Gasteiger partial charge in [-0.25, -0.2) is 4.79 Å². The van der Waals surface area contributed by atoms with E-state index >= 15 is 0 Å². The molecule has 0 heterocycles. The minimum absolute atomic E-state index is 0.260. The number of hydrogen-bond donors (Lipinski definition) is 2. The smallest absolute Gasteiger partial charge is 0.339 e. The number of rotatable bonds is 6. The molecule has 0 aromatic heterocycles. The second-order valence-electron chi connectivity index (χ2n) is 6.15. The largest absolute Gasteiger partial charge is 0.458 e. The molecule has 6 heteroatoms. The maximum absolute atomic E-state index is 12.4. The van der Waals surface area contributed by atoms with Crippen molar-refractivity contribution in [2.75, 3.05) is 7.11 Å². The number of methoxy groups -OCH3 is 1. The van der Waals surface area contributed by atoms with Crippen LogP contribution in [0.2, 0.25) is 0 Å². The number of carbonyl (C=O) groups excluding carboxylic acids is 2. The number of ether oxygens (including phenoxy) is 2. The van der Waals surface area contributed by atoms with Crippen molar-refractivity contribution in [1.82, 2.24) is 0 Å². The minimum Gasteiger partial charge on any atom is -0.458 e. The van der Waals surface area contributed by atoms with Gasteiger partial charge in [-0.05, 0) is 26.3 Å². The second kappa shape index (κ2) is 6.89. The van der Waals surface area contributed by atoms with E-state index in [0.29, 0.717) is 0 Å². The molecule has 1 rings (SSSR count). The van der Waals surface area contributed by atoms with Gasteiger partial charge in [-0.15, -0.1) is 0 Å². The maximum atomic E-state index is 12.4. The van der Waals surface area contributed by atoms with Crippen LogP contribution in [0.3, 0.4) is 0 Å². The fraction of sp³-hybridized carbons (Fsp3) is 0.500. The molecular weight excluding hydrogens is 284 g/mol. The zero-order valence-electron chi connectivity index (χ0n) is 13.5. The van der Waals surface area contributed by atoms with E-state index in [2.05, 4.69) is 0 Å². The van der Waals surface area contributed by atoms with Crippen molar-refractivity contribution in [2.45, 2.75) is 44.4 Å². The Labute approximate surface area is 130 Å². The molecule has 22 heavy (non-hydrogen) atoms. The van der Waals surface area contributed by atoms with Crippen molar-refractivity contribution in [3.8, 4) is 0 Å². The molecule has 2 unspecified atom stereocenters. The van der Waals surface area contributed by atoms with Gasteiger partial charge in [0.25, 0.3) is 5.91 Å². The lowest BCUT2D eigenvalue weighted by molar-refractivity contribution is -0.170. The summed E-state index contributed by atoms with van der Waals surface area (Å²) in [4.78, 5) is 24.2. The molecule has 0 fully saturated rings. The molecule has 1 amide bonds. The molecule has 0 saturated carbocycles. The van der Waals surface area contributed by atoms with Gasteiger partial charge in [-0.3, -0.25) is 4.79 Å². The van der Waals surface area contributed by atoms with Crippen molar-refractivity contribution in [2.24, 2.45) is 11.5 Å². The van der Waals surface area contributed by atoms with Crippen molar-refractivity contribution >= 4 is 11.9 Å². The first-order valence-corrected chi connectivity index (χ1v) is 7.00. The molecule has 1 aromatic rings. The molecular formula is C16H24N2O4. The summed E-state index contributed by atoms with van der Waals surface area (Å²) < 4.78 is 10.5. The quantitative estimate of drug-likeness (QED) is 0.596. The van der Waals surface area contributed by atoms with Gasteiger partial charge in [-0.1, -0.05) is 30.3 Å². The Morgan fingerprint density at radius 1 is 1.18 bits per heavy atom. The summed E-state index contributed by atoms with van der Waals surface area (Å²) in [5.41, 5.74) is 9.42. The van der Waals surface area contributed by atoms with Crippen molar-refractivity contribution in [3.05, 3.63) is 35.9 Å². The summed E-state index contributed by atoms with van der Waals surface area (Å²) in [6.07, 6.45) is -0.669. The molecule has 2 atom stereocenters. The average Bonchev–Trinajstić information content (AvgIpc) is 2.42. The van der Waals surface area contributed by atoms with E-state index in [1.54, 1.807) is 20.8 Å². The van der Waals surface area contributed by atoms with Crippen LogP contribution in [-0.2, 0) is 25.5 Å². The fourth-order valence-corrected chi connectivity index (χ4v) is 2.01. The van der Waals surface area contributed by atoms with Crippen LogP contribution in [0.1, 0.15) is 26.3 Å². The van der Waals surface area contributed by atoms with E-state index in [4.69, 9.17) is 20.9 Å². The third-order valence-corrected chi connectivity index (χ3v) is 3.20. The van der Waals surface area contributed by atoms with Crippen LogP contribution in [-0.4, -0.2) is 36.2 Å². The molecule has 0 aliphatic carbocycles. The van der Waals surface area contributed by atoms with Crippen LogP contribution in [0.5, 0.6) is 0 Å². The highest BCUT2D eigenvalue weighted by molar-refractivity contribution is 6.07. The first-order chi connectivity index (χ1) is 10.1. The van der Waals surface area contributed by atoms with Gasteiger partial charge in [0.2, 0.25) is 5.54 Å². The van der Waals surface area contributed by atoms with E-state index in [-0.39, 0.29) is 6.42 Å². The predicted octanol–water partition coefficient (Wildman–Crippen LogP) is 0.769. The summed E-state index contributed by atoms with van der Waals surface area (Å²) in [5, 5.41) is 0. The predicted molar refractivity (Wildman–Crippen MR) is 82.9 cm³/mol. The van der Waals surface area contributed by atoms with E-state index in [1.807, 2.05) is 30.3 Å². The standard InChI is InChI=1S/C16H24N2O4/c1-15(2,3)22-14(20)16(18,13(17)19)12(21-4)10-11-8-6-5-7-9-11/h5-9,12H,10,18H2,1-4H3,(H2,17,19). The topological polar surface area (TPSA) is 105 Å². The Balaban J connectivity index is 3.09. The van der Waals surface area contributed by atoms with Crippen LogP contribution < -0.4 is 11.5 Å². The highest BCUT2D eigenvalue weighted by Crippen LogP contribution is 2.21. The second-order valence-corrected chi connectivity index (χ2v) is 6.15. The highest BCUT2D eigenvalue weighted by Gasteiger charge is 2.50. The molecule has 4 N–H and O–H groups in total. The minimum atomic E-state index is -2.06. The lowest BCUT2D eigenvalue weighted by atomic mass is 9.87. The van der Waals surface area contributed by atoms with Crippen LogP contribution >= 0.6 is 0 Å². The molecule has 0 spiro atoms. The maximum Gasteiger partial charge on any atom is 0.339 e. The van der Waals surface area contributed by atoms with Gasteiger partial charge >= 0.3 is 5.97 Å². The van der Waals surface area contributed by atoms with E-state index in [9.17, 15) is 9.59 Å². The number of carbonyl (C=O) groups is 2. The molecule has 0 saturated heterocycles. The normalized spacial score (nSPS) is 15.7. The first kappa shape index (κ1) is 18.1. The SMILES string of the molecule is COC(Cc1ccccc1)C(N)(C(N)=O)C(=O)OC(C)(C)C. The molecule has 6 nitrogen and oxygen atoms in total. The van der Waals surface area contributed by atoms with Gasteiger partial charge in [0.05, 0.1) is 6.10 Å². The summed E-state index contributed by atoms with van der Waals surface area (Å²) in [6, 6.07) is 9.25. The zero-order valence-corrected chi connectivity index (χ0v) is 13.5. The summed E-state index contributed by atoms with van der Waals surface area (Å²) in [6.45, 7) is 5.06. The first-order valence-electron chi connectivity index (χ1n) is 7.00. The highest BCUT2D eigenvalue weighted by atomic mass is 16.6. The van der Waals surface area contributed by atoms with Crippen LogP contribution in [0.15, 0.2) is 30.3 Å². The number of hydrogen-bond acceptors (Lipinski definition) is 5. The number of nitrogens with two attached hydrogens (primary N) is 2. The molecule has 0 aliphatic rings. The Kier molecular flexibility index (Phi) is 5.68. The third-order valence-electron chi connectivity index (χ3n) is 3.20. The van der Waals surface area contributed by atoms with Gasteiger partial charge in [0.15, 0.2) is 0 Å².